The van der Waals surface area contributed by atoms with E-state index in [1.54, 1.807) is 12.1 Å². The minimum Gasteiger partial charge on any atom is -0.422 e. The summed E-state index contributed by atoms with van der Waals surface area (Å²) in [6, 6.07) is 10.7. The summed E-state index contributed by atoms with van der Waals surface area (Å²) in [7, 11) is 0. The first-order chi connectivity index (χ1) is 12.0. The molecule has 0 saturated heterocycles. The van der Waals surface area contributed by atoms with Crippen LogP contribution in [0.5, 0.6) is 0 Å². The Morgan fingerprint density at radius 3 is 1.85 bits per heavy atom. The van der Waals surface area contributed by atoms with Crippen LogP contribution in [0.4, 0.5) is 17.6 Å². The second-order valence-electron chi connectivity index (χ2n) is 6.77. The van der Waals surface area contributed by atoms with Crippen LogP contribution in [0, 0.1) is 5.82 Å². The number of rotatable bonds is 3. The van der Waals surface area contributed by atoms with Gasteiger partial charge in [0.15, 0.2) is 0 Å². The molecule has 6 heteroatoms. The van der Waals surface area contributed by atoms with Crippen LogP contribution in [-0.4, -0.2) is 12.1 Å². The molecule has 0 aliphatic carbocycles. The van der Waals surface area contributed by atoms with Gasteiger partial charge in [0.25, 0.3) is 0 Å². The van der Waals surface area contributed by atoms with Crippen molar-refractivity contribution in [2.75, 3.05) is 0 Å². The summed E-state index contributed by atoms with van der Waals surface area (Å²) in [5, 5.41) is 0. The van der Waals surface area contributed by atoms with Crippen LogP contribution in [0.1, 0.15) is 42.3 Å². The molecule has 0 amide bonds. The third-order valence-electron chi connectivity index (χ3n) is 3.61. The van der Waals surface area contributed by atoms with Gasteiger partial charge in [0, 0.05) is 5.56 Å². The van der Waals surface area contributed by atoms with Crippen molar-refractivity contribution in [3.63, 3.8) is 0 Å². The Balaban J connectivity index is 2.29. The molecule has 0 bridgehead atoms. The highest BCUT2D eigenvalue weighted by molar-refractivity contribution is 5.93. The van der Waals surface area contributed by atoms with Crippen LogP contribution in [0.3, 0.4) is 0 Å². The van der Waals surface area contributed by atoms with Gasteiger partial charge in [0.1, 0.15) is 11.6 Å². The fourth-order valence-electron chi connectivity index (χ4n) is 2.20. The van der Waals surface area contributed by atoms with Crippen LogP contribution in [0.25, 0.3) is 5.76 Å². The number of carbonyl (C=O) groups is 1. The molecule has 2 rings (SSSR count). The zero-order valence-electron chi connectivity index (χ0n) is 14.5. The molecule has 0 unspecified atom stereocenters. The smallest absolute Gasteiger partial charge is 0.413 e. The number of halogens is 4. The maximum atomic E-state index is 13.0. The summed E-state index contributed by atoms with van der Waals surface area (Å²) in [6.45, 7) is 6.00. The van der Waals surface area contributed by atoms with Crippen LogP contribution in [0.15, 0.2) is 54.6 Å². The normalized spacial score (nSPS) is 12.8. The van der Waals surface area contributed by atoms with Crippen molar-refractivity contribution in [3.8, 4) is 0 Å². The van der Waals surface area contributed by atoms with E-state index < -0.39 is 23.7 Å². The molecule has 0 spiro atoms. The van der Waals surface area contributed by atoms with Crippen molar-refractivity contribution in [3.05, 3.63) is 77.1 Å². The number of ether oxygens (including phenoxy) is 1. The third kappa shape index (κ3) is 5.44. The predicted molar refractivity (Wildman–Crippen MR) is 91.0 cm³/mol. The van der Waals surface area contributed by atoms with E-state index in [1.165, 1.54) is 12.1 Å². The van der Waals surface area contributed by atoms with Crippen LogP contribution >= 0.6 is 0 Å². The maximum absolute atomic E-state index is 13.0. The lowest BCUT2D eigenvalue weighted by atomic mass is 9.87. The minimum atomic E-state index is -4.69. The van der Waals surface area contributed by atoms with Crippen molar-refractivity contribution >= 4 is 11.7 Å². The minimum absolute atomic E-state index is 0.0524. The quantitative estimate of drug-likeness (QED) is 0.385. The number of hydrogen-bond donors (Lipinski definition) is 0. The van der Waals surface area contributed by atoms with Crippen molar-refractivity contribution < 1.29 is 27.1 Å². The Bertz CT molecular complexity index is 796. The number of hydrogen-bond acceptors (Lipinski definition) is 2. The Morgan fingerprint density at radius 1 is 0.885 bits per heavy atom. The van der Waals surface area contributed by atoms with Crippen molar-refractivity contribution in [2.45, 2.75) is 32.4 Å². The van der Waals surface area contributed by atoms with Gasteiger partial charge in [-0.2, -0.15) is 13.2 Å². The average Bonchev–Trinajstić information content (AvgIpc) is 2.53. The van der Waals surface area contributed by atoms with Gasteiger partial charge >= 0.3 is 12.1 Å². The summed E-state index contributed by atoms with van der Waals surface area (Å²) in [4.78, 5) is 12.2. The maximum Gasteiger partial charge on any atom is 0.413 e. The highest BCUT2D eigenvalue weighted by Crippen LogP contribution is 2.27. The Kier molecular flexibility index (Phi) is 5.54. The fourth-order valence-corrected chi connectivity index (χ4v) is 2.20. The van der Waals surface area contributed by atoms with Crippen molar-refractivity contribution in [1.29, 1.82) is 0 Å². The molecular weight excluding hydrogens is 348 g/mol. The van der Waals surface area contributed by atoms with Gasteiger partial charge < -0.3 is 4.74 Å². The standard InChI is InChI=1S/C20H18F4O2/c1-19(2,3)15-8-4-14(5-9-15)18(25)26-17(12-20(22,23)24)13-6-10-16(21)11-7-13/h4-12H,1-3H3/b17-12+. The second kappa shape index (κ2) is 7.32. The van der Waals surface area contributed by atoms with E-state index in [0.717, 1.165) is 29.8 Å². The van der Waals surface area contributed by atoms with E-state index in [4.69, 9.17) is 4.74 Å². The van der Waals surface area contributed by atoms with Crippen LogP contribution in [-0.2, 0) is 10.2 Å². The molecule has 138 valence electrons. The lowest BCUT2D eigenvalue weighted by Crippen LogP contribution is -2.12. The van der Waals surface area contributed by atoms with Crippen molar-refractivity contribution in [2.24, 2.45) is 0 Å². The molecule has 0 fully saturated rings. The summed E-state index contributed by atoms with van der Waals surface area (Å²) >= 11 is 0. The Hall–Kier alpha value is -2.63. The summed E-state index contributed by atoms with van der Waals surface area (Å²) < 4.78 is 56.2. The molecule has 0 aromatic heterocycles. The van der Waals surface area contributed by atoms with E-state index in [0.29, 0.717) is 0 Å². The first kappa shape index (κ1) is 19.7. The molecule has 0 radical (unpaired) electrons. The number of alkyl halides is 3. The molecule has 0 aliphatic heterocycles. The van der Waals surface area contributed by atoms with E-state index in [-0.39, 0.29) is 22.6 Å². The highest BCUT2D eigenvalue weighted by Gasteiger charge is 2.27. The van der Waals surface area contributed by atoms with Gasteiger partial charge in [-0.3, -0.25) is 0 Å². The van der Waals surface area contributed by atoms with Gasteiger partial charge in [-0.15, -0.1) is 0 Å². The Morgan fingerprint density at radius 2 is 1.38 bits per heavy atom. The fraction of sp³-hybridized carbons (Fsp3) is 0.250. The third-order valence-corrected chi connectivity index (χ3v) is 3.61. The molecule has 0 saturated carbocycles. The molecule has 0 aliphatic rings. The monoisotopic (exact) mass is 366 g/mol. The summed E-state index contributed by atoms with van der Waals surface area (Å²) in [5.74, 6) is -2.23. The first-order valence-electron chi connectivity index (χ1n) is 7.84. The second-order valence-corrected chi connectivity index (χ2v) is 6.77. The largest absolute Gasteiger partial charge is 0.422 e. The molecule has 26 heavy (non-hydrogen) atoms. The van der Waals surface area contributed by atoms with E-state index in [1.807, 2.05) is 20.8 Å². The lowest BCUT2D eigenvalue weighted by molar-refractivity contribution is -0.0802. The van der Waals surface area contributed by atoms with Crippen molar-refractivity contribution in [1.82, 2.24) is 0 Å². The molecule has 0 atom stereocenters. The molecule has 2 aromatic carbocycles. The van der Waals surface area contributed by atoms with Gasteiger partial charge in [-0.25, -0.2) is 9.18 Å². The first-order valence-corrected chi connectivity index (χ1v) is 7.84. The number of benzene rings is 2. The molecular formula is C20H18F4O2. The van der Waals surface area contributed by atoms with Gasteiger partial charge in [0.05, 0.1) is 11.6 Å². The van der Waals surface area contributed by atoms with Crippen LogP contribution in [0.2, 0.25) is 0 Å². The lowest BCUT2D eigenvalue weighted by Gasteiger charge is -2.19. The number of allylic oxidation sites excluding steroid dienone is 1. The molecule has 2 nitrogen and oxygen atoms in total. The Labute approximate surface area is 149 Å². The van der Waals surface area contributed by atoms with E-state index in [2.05, 4.69) is 0 Å². The number of carbonyl (C=O) groups excluding carboxylic acids is 1. The van der Waals surface area contributed by atoms with Gasteiger partial charge in [-0.05, 0) is 47.4 Å². The summed E-state index contributed by atoms with van der Waals surface area (Å²) in [5.41, 5.74) is 0.910. The SMILES string of the molecule is CC(C)(C)c1ccc(C(=O)O/C(=C/C(F)(F)F)c2ccc(F)cc2)cc1. The highest BCUT2D eigenvalue weighted by atomic mass is 19.4. The predicted octanol–water partition coefficient (Wildman–Crippen LogP) is 5.88. The summed E-state index contributed by atoms with van der Waals surface area (Å²) in [6.07, 6.45) is -4.82. The molecule has 0 heterocycles. The van der Waals surface area contributed by atoms with E-state index in [9.17, 15) is 22.4 Å². The zero-order chi connectivity index (χ0) is 19.5. The number of esters is 1. The van der Waals surface area contributed by atoms with Gasteiger partial charge in [0.2, 0.25) is 0 Å². The van der Waals surface area contributed by atoms with Crippen LogP contribution < -0.4 is 0 Å². The average molecular weight is 366 g/mol. The molecule has 0 N–H and O–H groups in total. The van der Waals surface area contributed by atoms with Gasteiger partial charge in [-0.1, -0.05) is 32.9 Å². The zero-order valence-corrected chi connectivity index (χ0v) is 14.5. The molecule has 2 aromatic rings. The topological polar surface area (TPSA) is 26.3 Å². The van der Waals surface area contributed by atoms with E-state index >= 15 is 0 Å².